The van der Waals surface area contributed by atoms with Crippen molar-refractivity contribution >= 4 is 5.78 Å². The first-order valence-electron chi connectivity index (χ1n) is 5.24. The highest BCUT2D eigenvalue weighted by Gasteiger charge is 2.24. The quantitative estimate of drug-likeness (QED) is 0.669. The van der Waals surface area contributed by atoms with Crippen molar-refractivity contribution in [2.24, 2.45) is 5.92 Å². The first-order valence-corrected chi connectivity index (χ1v) is 5.24. The van der Waals surface area contributed by atoms with Gasteiger partial charge in [0, 0.05) is 23.9 Å². The third-order valence-corrected chi connectivity index (χ3v) is 3.01. The second-order valence-corrected chi connectivity index (χ2v) is 4.04. The van der Waals surface area contributed by atoms with Crippen LogP contribution in [-0.2, 0) is 0 Å². The van der Waals surface area contributed by atoms with Crippen molar-refractivity contribution in [3.05, 3.63) is 29.6 Å². The summed E-state index contributed by atoms with van der Waals surface area (Å²) in [6.07, 6.45) is 8.03. The summed E-state index contributed by atoms with van der Waals surface area (Å²) in [4.78, 5) is 16.0. The second kappa shape index (κ2) is 3.91. The number of carbonyl (C=O) groups is 1. The molecule has 14 heavy (non-hydrogen) atoms. The van der Waals surface area contributed by atoms with Gasteiger partial charge in [0.1, 0.15) is 0 Å². The number of hydrogen-bond acceptors (Lipinski definition) is 2. The Morgan fingerprint density at radius 2 is 2.14 bits per heavy atom. The summed E-state index contributed by atoms with van der Waals surface area (Å²) in [6, 6.07) is 1.84. The summed E-state index contributed by atoms with van der Waals surface area (Å²) in [5.74, 6) is 0.596. The Labute approximate surface area is 84.4 Å². The van der Waals surface area contributed by atoms with Gasteiger partial charge < -0.3 is 0 Å². The first kappa shape index (κ1) is 9.38. The molecule has 1 aromatic heterocycles. The highest BCUT2D eigenvalue weighted by Crippen LogP contribution is 2.28. The van der Waals surface area contributed by atoms with Crippen LogP contribution in [0.5, 0.6) is 0 Å². The van der Waals surface area contributed by atoms with E-state index in [1.807, 2.05) is 13.0 Å². The lowest BCUT2D eigenvalue weighted by atomic mass is 9.95. The molecule has 1 saturated carbocycles. The molecule has 0 N–H and O–H groups in total. The van der Waals surface area contributed by atoms with Crippen LogP contribution in [-0.4, -0.2) is 10.8 Å². The van der Waals surface area contributed by atoms with Crippen LogP contribution in [0.4, 0.5) is 0 Å². The van der Waals surface area contributed by atoms with E-state index in [1.165, 1.54) is 12.8 Å². The topological polar surface area (TPSA) is 30.0 Å². The van der Waals surface area contributed by atoms with E-state index >= 15 is 0 Å². The molecule has 0 aliphatic heterocycles. The predicted molar refractivity (Wildman–Crippen MR) is 55.3 cm³/mol. The van der Waals surface area contributed by atoms with Crippen molar-refractivity contribution in [2.45, 2.75) is 32.6 Å². The van der Waals surface area contributed by atoms with Crippen LogP contribution in [0.2, 0.25) is 0 Å². The SMILES string of the molecule is Cc1cnccc1C(=O)C1CCCC1. The fourth-order valence-corrected chi connectivity index (χ4v) is 2.16. The van der Waals surface area contributed by atoms with Gasteiger partial charge >= 0.3 is 0 Å². The summed E-state index contributed by atoms with van der Waals surface area (Å²) in [5.41, 5.74) is 1.87. The van der Waals surface area contributed by atoms with Crippen molar-refractivity contribution in [3.8, 4) is 0 Å². The van der Waals surface area contributed by atoms with Crippen LogP contribution >= 0.6 is 0 Å². The zero-order chi connectivity index (χ0) is 9.97. The standard InChI is InChI=1S/C12H15NO/c1-9-8-13-7-6-11(9)12(14)10-4-2-3-5-10/h6-8,10H,2-5H2,1H3. The van der Waals surface area contributed by atoms with Crippen LogP contribution < -0.4 is 0 Å². The molecule has 0 radical (unpaired) electrons. The maximum absolute atomic E-state index is 12.0. The van der Waals surface area contributed by atoms with Crippen molar-refractivity contribution in [3.63, 3.8) is 0 Å². The molecule has 1 heterocycles. The molecule has 0 aromatic carbocycles. The maximum Gasteiger partial charge on any atom is 0.166 e. The van der Waals surface area contributed by atoms with Crippen molar-refractivity contribution < 1.29 is 4.79 Å². The normalized spacial score (nSPS) is 17.2. The lowest BCUT2D eigenvalue weighted by Gasteiger charge is -2.09. The van der Waals surface area contributed by atoms with Gasteiger partial charge in [0.05, 0.1) is 0 Å². The molecule has 0 atom stereocenters. The van der Waals surface area contributed by atoms with E-state index in [9.17, 15) is 4.79 Å². The molecule has 0 spiro atoms. The van der Waals surface area contributed by atoms with Gasteiger partial charge in [-0.1, -0.05) is 12.8 Å². The molecule has 74 valence electrons. The molecule has 2 nitrogen and oxygen atoms in total. The molecule has 0 saturated heterocycles. The third kappa shape index (κ3) is 1.69. The second-order valence-electron chi connectivity index (χ2n) is 4.04. The number of pyridine rings is 1. The minimum atomic E-state index is 0.274. The van der Waals surface area contributed by atoms with Crippen LogP contribution in [0.15, 0.2) is 18.5 Å². The number of carbonyl (C=O) groups excluding carboxylic acids is 1. The Kier molecular flexibility index (Phi) is 2.62. The summed E-state index contributed by atoms with van der Waals surface area (Å²) in [5, 5.41) is 0. The van der Waals surface area contributed by atoms with E-state index in [2.05, 4.69) is 4.98 Å². The Hall–Kier alpha value is -1.18. The number of Topliss-reactive ketones (excluding diaryl/α,β-unsaturated/α-hetero) is 1. The highest BCUT2D eigenvalue weighted by molar-refractivity contribution is 5.99. The molecule has 0 amide bonds. The summed E-state index contributed by atoms with van der Waals surface area (Å²) < 4.78 is 0. The van der Waals surface area contributed by atoms with Crippen LogP contribution in [0, 0.1) is 12.8 Å². The van der Waals surface area contributed by atoms with E-state index < -0.39 is 0 Å². The largest absolute Gasteiger partial charge is 0.294 e. The first-order chi connectivity index (χ1) is 6.79. The molecule has 0 bridgehead atoms. The monoisotopic (exact) mass is 189 g/mol. The molecule has 2 rings (SSSR count). The highest BCUT2D eigenvalue weighted by atomic mass is 16.1. The Morgan fingerprint density at radius 3 is 2.79 bits per heavy atom. The Balaban J connectivity index is 2.22. The van der Waals surface area contributed by atoms with Gasteiger partial charge in [0.25, 0.3) is 0 Å². The molecular formula is C12H15NO. The van der Waals surface area contributed by atoms with Gasteiger partial charge in [0.2, 0.25) is 0 Å². The van der Waals surface area contributed by atoms with Gasteiger partial charge in [-0.15, -0.1) is 0 Å². The lowest BCUT2D eigenvalue weighted by molar-refractivity contribution is 0.0922. The van der Waals surface area contributed by atoms with Gasteiger partial charge in [0.15, 0.2) is 5.78 Å². The van der Waals surface area contributed by atoms with E-state index in [0.717, 1.165) is 24.0 Å². The average molecular weight is 189 g/mol. The Bertz CT molecular complexity index is 340. The van der Waals surface area contributed by atoms with Crippen molar-refractivity contribution in [1.29, 1.82) is 0 Å². The van der Waals surface area contributed by atoms with Crippen LogP contribution in [0.3, 0.4) is 0 Å². The fourth-order valence-electron chi connectivity index (χ4n) is 2.16. The number of nitrogens with zero attached hydrogens (tertiary/aromatic N) is 1. The molecule has 1 fully saturated rings. The molecule has 1 aromatic rings. The van der Waals surface area contributed by atoms with Gasteiger partial charge in [-0.25, -0.2) is 0 Å². The molecule has 1 aliphatic carbocycles. The number of ketones is 1. The molecular weight excluding hydrogens is 174 g/mol. The van der Waals surface area contributed by atoms with Crippen LogP contribution in [0.25, 0.3) is 0 Å². The zero-order valence-corrected chi connectivity index (χ0v) is 8.49. The smallest absolute Gasteiger partial charge is 0.166 e. The van der Waals surface area contributed by atoms with E-state index in [1.54, 1.807) is 12.4 Å². The van der Waals surface area contributed by atoms with Crippen LogP contribution in [0.1, 0.15) is 41.6 Å². The van der Waals surface area contributed by atoms with E-state index in [0.29, 0.717) is 5.78 Å². The third-order valence-electron chi connectivity index (χ3n) is 3.01. The van der Waals surface area contributed by atoms with Gasteiger partial charge in [-0.3, -0.25) is 9.78 Å². The van der Waals surface area contributed by atoms with Gasteiger partial charge in [-0.2, -0.15) is 0 Å². The minimum Gasteiger partial charge on any atom is -0.294 e. The summed E-state index contributed by atoms with van der Waals surface area (Å²) in [6.45, 7) is 1.95. The number of rotatable bonds is 2. The predicted octanol–water partition coefficient (Wildman–Crippen LogP) is 2.76. The van der Waals surface area contributed by atoms with Gasteiger partial charge in [-0.05, 0) is 31.4 Å². The zero-order valence-electron chi connectivity index (χ0n) is 8.49. The maximum atomic E-state index is 12.0. The van der Waals surface area contributed by atoms with Crippen molar-refractivity contribution in [2.75, 3.05) is 0 Å². The number of aryl methyl sites for hydroxylation is 1. The lowest BCUT2D eigenvalue weighted by Crippen LogP contribution is -2.12. The minimum absolute atomic E-state index is 0.274. The van der Waals surface area contributed by atoms with E-state index in [-0.39, 0.29) is 5.92 Å². The average Bonchev–Trinajstić information content (AvgIpc) is 2.70. The molecule has 2 heteroatoms. The molecule has 0 unspecified atom stereocenters. The summed E-state index contributed by atoms with van der Waals surface area (Å²) >= 11 is 0. The summed E-state index contributed by atoms with van der Waals surface area (Å²) in [7, 11) is 0. The number of hydrogen-bond donors (Lipinski definition) is 0. The number of aromatic nitrogens is 1. The van der Waals surface area contributed by atoms with Crippen molar-refractivity contribution in [1.82, 2.24) is 4.98 Å². The van der Waals surface area contributed by atoms with E-state index in [4.69, 9.17) is 0 Å². The Morgan fingerprint density at radius 1 is 1.43 bits per heavy atom. The molecule has 1 aliphatic rings. The fraction of sp³-hybridized carbons (Fsp3) is 0.500.